The zero-order valence-corrected chi connectivity index (χ0v) is 21.5. The molecule has 1 aliphatic heterocycles. The molecule has 1 aromatic heterocycles. The van der Waals surface area contributed by atoms with Gasteiger partial charge in [-0.05, 0) is 53.6 Å². The number of carbonyl (C=O) groups is 2. The standard InChI is InChI=1S/C26H29FN6O6/c1-38-22-11-10-18(16-19(22)24(34)35)31(17-6-3-2-4-7-17)25(36)33-26(37)32(28-29-33)23-20(27)8-5-9-21(23)30-12-14-39-15-13-30/h5,8-11,16-17H,2-4,6-7,12-15H2,1H3,(H,34,35). The van der Waals surface area contributed by atoms with Crippen LogP contribution in [0.5, 0.6) is 5.75 Å². The summed E-state index contributed by atoms with van der Waals surface area (Å²) in [4.78, 5) is 42.5. The fraction of sp³-hybridized carbons (Fsp3) is 0.423. The van der Waals surface area contributed by atoms with Gasteiger partial charge in [0.25, 0.3) is 0 Å². The molecule has 1 saturated heterocycles. The SMILES string of the molecule is COc1ccc(N(C(=O)n2nnn(-c3c(F)cccc3N3CCOCC3)c2=O)C2CCCCC2)cc1C(=O)O. The summed E-state index contributed by atoms with van der Waals surface area (Å²) in [7, 11) is 1.36. The molecule has 13 heteroatoms. The molecule has 3 aromatic rings. The van der Waals surface area contributed by atoms with E-state index in [1.807, 2.05) is 4.90 Å². The van der Waals surface area contributed by atoms with Gasteiger partial charge < -0.3 is 19.5 Å². The van der Waals surface area contributed by atoms with Crippen LogP contribution in [0.2, 0.25) is 0 Å². The van der Waals surface area contributed by atoms with Crippen molar-refractivity contribution in [1.82, 2.24) is 19.8 Å². The molecule has 2 heterocycles. The molecule has 5 rings (SSSR count). The van der Waals surface area contributed by atoms with Crippen LogP contribution in [0, 0.1) is 5.82 Å². The Morgan fingerprint density at radius 2 is 1.85 bits per heavy atom. The Labute approximate surface area is 223 Å². The number of aromatic carboxylic acids is 1. The fourth-order valence-corrected chi connectivity index (χ4v) is 5.21. The van der Waals surface area contributed by atoms with Crippen molar-refractivity contribution < 1.29 is 28.6 Å². The minimum Gasteiger partial charge on any atom is -0.496 e. The summed E-state index contributed by atoms with van der Waals surface area (Å²) in [6.45, 7) is 1.90. The van der Waals surface area contributed by atoms with Crippen LogP contribution in [-0.4, -0.2) is 76.4 Å². The average molecular weight is 541 g/mol. The second-order valence-electron chi connectivity index (χ2n) is 9.43. The van der Waals surface area contributed by atoms with Crippen LogP contribution in [0.15, 0.2) is 41.2 Å². The third-order valence-corrected chi connectivity index (χ3v) is 7.13. The van der Waals surface area contributed by atoms with Gasteiger partial charge in [0.05, 0.1) is 26.0 Å². The van der Waals surface area contributed by atoms with Gasteiger partial charge >= 0.3 is 17.7 Å². The van der Waals surface area contributed by atoms with Gasteiger partial charge in [-0.1, -0.05) is 25.3 Å². The molecule has 0 unspecified atom stereocenters. The second kappa shape index (κ2) is 11.2. The first kappa shape index (κ1) is 26.4. The van der Waals surface area contributed by atoms with E-state index < -0.39 is 23.5 Å². The number of carbonyl (C=O) groups excluding carboxylic acids is 1. The number of hydrogen-bond acceptors (Lipinski definition) is 8. The van der Waals surface area contributed by atoms with Crippen molar-refractivity contribution in [3.05, 3.63) is 58.3 Å². The molecule has 1 amide bonds. The Morgan fingerprint density at radius 1 is 1.10 bits per heavy atom. The Hall–Kier alpha value is -4.26. The minimum atomic E-state index is -1.22. The predicted octanol–water partition coefficient (Wildman–Crippen LogP) is 2.92. The van der Waals surface area contributed by atoms with E-state index in [1.54, 1.807) is 18.2 Å². The van der Waals surface area contributed by atoms with Crippen molar-refractivity contribution in [3.63, 3.8) is 0 Å². The maximum atomic E-state index is 15.1. The average Bonchev–Trinajstić information content (AvgIpc) is 3.34. The number of amides is 1. The van der Waals surface area contributed by atoms with Crippen molar-refractivity contribution in [2.24, 2.45) is 0 Å². The van der Waals surface area contributed by atoms with Crippen molar-refractivity contribution in [2.75, 3.05) is 43.2 Å². The Morgan fingerprint density at radius 3 is 2.54 bits per heavy atom. The molecule has 0 atom stereocenters. The zero-order chi connectivity index (χ0) is 27.5. The van der Waals surface area contributed by atoms with Crippen LogP contribution in [0.25, 0.3) is 5.69 Å². The molecule has 2 fully saturated rings. The summed E-state index contributed by atoms with van der Waals surface area (Å²) in [5.74, 6) is -1.77. The van der Waals surface area contributed by atoms with E-state index in [2.05, 4.69) is 10.4 Å². The molecule has 2 aliphatic rings. The lowest BCUT2D eigenvalue weighted by Gasteiger charge is -2.33. The number of halogens is 1. The van der Waals surface area contributed by atoms with Crippen molar-refractivity contribution in [1.29, 1.82) is 0 Å². The van der Waals surface area contributed by atoms with Crippen molar-refractivity contribution in [2.45, 2.75) is 38.1 Å². The molecule has 0 bridgehead atoms. The van der Waals surface area contributed by atoms with E-state index in [9.17, 15) is 19.5 Å². The molecule has 39 heavy (non-hydrogen) atoms. The van der Waals surface area contributed by atoms with E-state index in [4.69, 9.17) is 9.47 Å². The number of aromatic nitrogens is 4. The lowest BCUT2D eigenvalue weighted by molar-refractivity contribution is 0.0693. The first-order valence-electron chi connectivity index (χ1n) is 12.8. The molecule has 12 nitrogen and oxygen atoms in total. The van der Waals surface area contributed by atoms with Crippen LogP contribution < -0.4 is 20.2 Å². The molecule has 206 valence electrons. The first-order valence-corrected chi connectivity index (χ1v) is 12.8. The van der Waals surface area contributed by atoms with E-state index in [-0.39, 0.29) is 28.7 Å². The highest BCUT2D eigenvalue weighted by molar-refractivity contribution is 5.97. The van der Waals surface area contributed by atoms with Gasteiger partial charge in [0.1, 0.15) is 17.0 Å². The Kier molecular flexibility index (Phi) is 7.59. The highest BCUT2D eigenvalue weighted by atomic mass is 19.1. The number of ether oxygens (including phenoxy) is 2. The molecule has 1 saturated carbocycles. The molecule has 0 radical (unpaired) electrons. The molecule has 2 aromatic carbocycles. The van der Waals surface area contributed by atoms with Crippen molar-refractivity contribution >= 4 is 23.4 Å². The lowest BCUT2D eigenvalue weighted by Crippen LogP contribution is -2.47. The van der Waals surface area contributed by atoms with E-state index in [0.29, 0.717) is 49.5 Å². The Balaban J connectivity index is 1.57. The van der Waals surface area contributed by atoms with Gasteiger partial charge in [-0.3, -0.25) is 4.90 Å². The molecular weight excluding hydrogens is 511 g/mol. The maximum absolute atomic E-state index is 15.1. The predicted molar refractivity (Wildman–Crippen MR) is 139 cm³/mol. The number of carboxylic acid groups (broad SMARTS) is 1. The second-order valence-corrected chi connectivity index (χ2v) is 9.43. The smallest absolute Gasteiger partial charge is 0.377 e. The summed E-state index contributed by atoms with van der Waals surface area (Å²) >= 11 is 0. The van der Waals surface area contributed by atoms with Crippen LogP contribution >= 0.6 is 0 Å². The fourth-order valence-electron chi connectivity index (χ4n) is 5.21. The lowest BCUT2D eigenvalue weighted by atomic mass is 9.94. The number of nitrogens with zero attached hydrogens (tertiary/aromatic N) is 6. The quantitative estimate of drug-likeness (QED) is 0.469. The molecule has 0 spiro atoms. The highest BCUT2D eigenvalue weighted by Gasteiger charge is 2.32. The third kappa shape index (κ3) is 5.09. The minimum absolute atomic E-state index is 0.106. The molecule has 1 aliphatic carbocycles. The van der Waals surface area contributed by atoms with Crippen LogP contribution in [0.3, 0.4) is 0 Å². The summed E-state index contributed by atoms with van der Waals surface area (Å²) in [6.07, 6.45) is 4.08. The number of anilines is 2. The maximum Gasteiger partial charge on any atom is 0.377 e. The number of tetrazole rings is 1. The van der Waals surface area contributed by atoms with Gasteiger partial charge in [-0.2, -0.15) is 4.68 Å². The number of hydrogen-bond donors (Lipinski definition) is 1. The highest BCUT2D eigenvalue weighted by Crippen LogP contribution is 2.32. The number of rotatable bonds is 6. The summed E-state index contributed by atoms with van der Waals surface area (Å²) in [5.41, 5.74) is -0.449. The number of benzene rings is 2. The van der Waals surface area contributed by atoms with Gasteiger partial charge in [0, 0.05) is 24.8 Å². The van der Waals surface area contributed by atoms with E-state index in [1.165, 1.54) is 30.2 Å². The number of para-hydroxylation sites is 1. The normalized spacial score (nSPS) is 16.2. The van der Waals surface area contributed by atoms with Crippen LogP contribution in [0.1, 0.15) is 42.5 Å². The monoisotopic (exact) mass is 540 g/mol. The van der Waals surface area contributed by atoms with E-state index >= 15 is 4.39 Å². The van der Waals surface area contributed by atoms with E-state index in [0.717, 1.165) is 23.9 Å². The number of carboxylic acids is 1. The summed E-state index contributed by atoms with van der Waals surface area (Å²) in [5, 5.41) is 17.4. The van der Waals surface area contributed by atoms with Gasteiger partial charge in [-0.25, -0.2) is 18.8 Å². The molecular formula is C26H29FN6O6. The van der Waals surface area contributed by atoms with Gasteiger partial charge in [0.2, 0.25) is 0 Å². The zero-order valence-electron chi connectivity index (χ0n) is 21.5. The largest absolute Gasteiger partial charge is 0.496 e. The van der Waals surface area contributed by atoms with Gasteiger partial charge in [-0.15, -0.1) is 4.68 Å². The topological polar surface area (TPSA) is 132 Å². The van der Waals surface area contributed by atoms with Crippen molar-refractivity contribution in [3.8, 4) is 11.4 Å². The van der Waals surface area contributed by atoms with Gasteiger partial charge in [0.15, 0.2) is 5.82 Å². The first-order chi connectivity index (χ1) is 18.9. The summed E-state index contributed by atoms with van der Waals surface area (Å²) in [6, 6.07) is 7.72. The number of methoxy groups -OCH3 is 1. The number of morpholine rings is 1. The summed E-state index contributed by atoms with van der Waals surface area (Å²) < 4.78 is 27.1. The Bertz CT molecular complexity index is 1430. The van der Waals surface area contributed by atoms with Crippen LogP contribution in [0.4, 0.5) is 20.6 Å². The van der Waals surface area contributed by atoms with Crippen LogP contribution in [-0.2, 0) is 4.74 Å². The third-order valence-electron chi connectivity index (χ3n) is 7.13. The molecule has 1 N–H and O–H groups in total.